The summed E-state index contributed by atoms with van der Waals surface area (Å²) in [6, 6.07) is 5.86. The fraction of sp³-hybridized carbons (Fsp3) is 0.231. The summed E-state index contributed by atoms with van der Waals surface area (Å²) in [7, 11) is 0. The topological polar surface area (TPSA) is 95.3 Å². The van der Waals surface area contributed by atoms with Crippen molar-refractivity contribution in [2.45, 2.75) is 19.6 Å². The predicted molar refractivity (Wildman–Crippen MR) is 74.9 cm³/mol. The lowest BCUT2D eigenvalue weighted by Crippen LogP contribution is -2.40. The quantitative estimate of drug-likeness (QED) is 0.616. The number of aliphatic imine (C=N–C) groups is 1. The number of rotatable bonds is 1. The van der Waals surface area contributed by atoms with E-state index in [9.17, 15) is 4.79 Å². The number of hydrogen-bond acceptors (Lipinski definition) is 4. The number of fused-ring (bicyclic) bond motifs is 3. The van der Waals surface area contributed by atoms with Crippen LogP contribution in [0.25, 0.3) is 10.9 Å². The SMILES string of the molecule is CCC(=O)NC1=NC(N)Nc2ccc3[nH]ccc3c21. The van der Waals surface area contributed by atoms with E-state index in [4.69, 9.17) is 5.73 Å². The summed E-state index contributed by atoms with van der Waals surface area (Å²) < 4.78 is 0. The Hall–Kier alpha value is -2.34. The van der Waals surface area contributed by atoms with Gasteiger partial charge in [0.1, 0.15) is 5.84 Å². The summed E-state index contributed by atoms with van der Waals surface area (Å²) in [5.74, 6) is 0.449. The van der Waals surface area contributed by atoms with Crippen LogP contribution in [0, 0.1) is 0 Å². The molecule has 2 heterocycles. The molecule has 1 aliphatic rings. The van der Waals surface area contributed by atoms with Gasteiger partial charge in [-0.25, -0.2) is 4.99 Å². The maximum absolute atomic E-state index is 11.6. The second-order valence-electron chi connectivity index (χ2n) is 4.40. The van der Waals surface area contributed by atoms with Gasteiger partial charge in [0, 0.05) is 34.8 Å². The molecule has 6 nitrogen and oxygen atoms in total. The van der Waals surface area contributed by atoms with Gasteiger partial charge in [-0.2, -0.15) is 0 Å². The summed E-state index contributed by atoms with van der Waals surface area (Å²) in [5, 5.41) is 6.91. The summed E-state index contributed by atoms with van der Waals surface area (Å²) in [6.07, 6.45) is 1.72. The lowest BCUT2D eigenvalue weighted by molar-refractivity contribution is -0.119. The van der Waals surface area contributed by atoms with Gasteiger partial charge in [-0.3, -0.25) is 10.5 Å². The first-order valence-corrected chi connectivity index (χ1v) is 6.19. The minimum Gasteiger partial charge on any atom is -0.361 e. The number of aromatic nitrogens is 1. The molecule has 0 aliphatic carbocycles. The third kappa shape index (κ3) is 1.96. The molecule has 19 heavy (non-hydrogen) atoms. The number of nitrogens with zero attached hydrogens (tertiary/aromatic N) is 1. The fourth-order valence-corrected chi connectivity index (χ4v) is 2.22. The molecule has 1 aromatic carbocycles. The fourth-order valence-electron chi connectivity index (χ4n) is 2.22. The van der Waals surface area contributed by atoms with E-state index in [0.717, 1.165) is 22.2 Å². The van der Waals surface area contributed by atoms with E-state index >= 15 is 0 Å². The largest absolute Gasteiger partial charge is 0.361 e. The van der Waals surface area contributed by atoms with Gasteiger partial charge in [0.2, 0.25) is 5.91 Å². The van der Waals surface area contributed by atoms with Gasteiger partial charge < -0.3 is 15.6 Å². The van der Waals surface area contributed by atoms with E-state index in [1.54, 1.807) is 6.92 Å². The van der Waals surface area contributed by atoms with Crippen molar-refractivity contribution < 1.29 is 4.79 Å². The zero-order chi connectivity index (χ0) is 13.4. The Morgan fingerprint density at radius 1 is 1.47 bits per heavy atom. The van der Waals surface area contributed by atoms with Gasteiger partial charge in [-0.15, -0.1) is 0 Å². The average molecular weight is 257 g/mol. The molecule has 0 fully saturated rings. The Kier molecular flexibility index (Phi) is 2.72. The van der Waals surface area contributed by atoms with E-state index in [1.165, 1.54) is 0 Å². The van der Waals surface area contributed by atoms with Crippen LogP contribution in [0.1, 0.15) is 18.9 Å². The molecule has 0 bridgehead atoms. The van der Waals surface area contributed by atoms with Crippen molar-refractivity contribution in [3.63, 3.8) is 0 Å². The molecule has 1 aliphatic heterocycles. The summed E-state index contributed by atoms with van der Waals surface area (Å²) in [5.41, 5.74) is 8.57. The van der Waals surface area contributed by atoms with E-state index in [2.05, 4.69) is 20.6 Å². The lowest BCUT2D eigenvalue weighted by atomic mass is 10.0. The Morgan fingerprint density at radius 2 is 2.32 bits per heavy atom. The number of amidine groups is 1. The maximum atomic E-state index is 11.6. The molecule has 1 atom stereocenters. The van der Waals surface area contributed by atoms with Gasteiger partial charge in [-0.1, -0.05) is 6.92 Å². The number of nitrogens with one attached hydrogen (secondary N) is 3. The molecule has 3 rings (SSSR count). The molecule has 1 aromatic heterocycles. The summed E-state index contributed by atoms with van der Waals surface area (Å²) in [6.45, 7) is 1.80. The van der Waals surface area contributed by atoms with Crippen LogP contribution in [-0.4, -0.2) is 23.0 Å². The van der Waals surface area contributed by atoms with Crippen molar-refractivity contribution in [1.29, 1.82) is 0 Å². The number of H-pyrrole nitrogens is 1. The number of aromatic amines is 1. The number of carbonyl (C=O) groups is 1. The van der Waals surface area contributed by atoms with E-state index < -0.39 is 6.29 Å². The van der Waals surface area contributed by atoms with Crippen LogP contribution in [0.3, 0.4) is 0 Å². The maximum Gasteiger partial charge on any atom is 0.225 e. The average Bonchev–Trinajstić information content (AvgIpc) is 2.86. The zero-order valence-electron chi connectivity index (χ0n) is 10.5. The van der Waals surface area contributed by atoms with Crippen LogP contribution in [0.4, 0.5) is 5.69 Å². The molecule has 0 saturated heterocycles. The smallest absolute Gasteiger partial charge is 0.225 e. The molecular weight excluding hydrogens is 242 g/mol. The number of anilines is 1. The highest BCUT2D eigenvalue weighted by Gasteiger charge is 2.21. The standard InChI is InChI=1S/C13H15N5O/c1-2-10(19)17-12-11-7-5-6-15-8(7)3-4-9(11)16-13(14)18-12/h3-6,13,15-16H,2,14H2,1H3,(H,17,18,19). The van der Waals surface area contributed by atoms with Gasteiger partial charge in [-0.05, 0) is 18.2 Å². The van der Waals surface area contributed by atoms with Crippen LogP contribution in [0.5, 0.6) is 0 Å². The van der Waals surface area contributed by atoms with Crippen molar-refractivity contribution in [2.75, 3.05) is 5.32 Å². The summed E-state index contributed by atoms with van der Waals surface area (Å²) >= 11 is 0. The molecule has 5 N–H and O–H groups in total. The number of hydrogen-bond donors (Lipinski definition) is 4. The van der Waals surface area contributed by atoms with E-state index in [0.29, 0.717) is 12.3 Å². The van der Waals surface area contributed by atoms with Crippen molar-refractivity contribution in [3.8, 4) is 0 Å². The Bertz CT molecular complexity index is 673. The number of benzene rings is 1. The van der Waals surface area contributed by atoms with Crippen molar-refractivity contribution in [2.24, 2.45) is 10.7 Å². The first-order chi connectivity index (χ1) is 9.19. The summed E-state index contributed by atoms with van der Waals surface area (Å²) in [4.78, 5) is 19.0. The number of nitrogens with two attached hydrogens (primary N) is 1. The first-order valence-electron chi connectivity index (χ1n) is 6.19. The van der Waals surface area contributed by atoms with Gasteiger partial charge in [0.25, 0.3) is 0 Å². The van der Waals surface area contributed by atoms with Crippen LogP contribution in [0.15, 0.2) is 29.4 Å². The zero-order valence-corrected chi connectivity index (χ0v) is 10.5. The van der Waals surface area contributed by atoms with Crippen molar-refractivity contribution in [1.82, 2.24) is 10.3 Å². The first kappa shape index (κ1) is 11.7. The highest BCUT2D eigenvalue weighted by atomic mass is 16.1. The molecule has 1 unspecified atom stereocenters. The highest BCUT2D eigenvalue weighted by molar-refractivity contribution is 6.18. The van der Waals surface area contributed by atoms with Crippen molar-refractivity contribution in [3.05, 3.63) is 30.0 Å². The van der Waals surface area contributed by atoms with Gasteiger partial charge in [0.05, 0.1) is 0 Å². The molecule has 0 spiro atoms. The van der Waals surface area contributed by atoms with Crippen LogP contribution < -0.4 is 16.4 Å². The highest BCUT2D eigenvalue weighted by Crippen LogP contribution is 2.28. The molecular formula is C13H15N5O. The second-order valence-corrected chi connectivity index (χ2v) is 4.40. The van der Waals surface area contributed by atoms with Crippen LogP contribution >= 0.6 is 0 Å². The van der Waals surface area contributed by atoms with Gasteiger partial charge >= 0.3 is 0 Å². The normalized spacial score (nSPS) is 17.6. The molecule has 2 aromatic rings. The minimum atomic E-state index is -0.545. The number of carbonyl (C=O) groups excluding carboxylic acids is 1. The van der Waals surface area contributed by atoms with Crippen molar-refractivity contribution >= 4 is 28.3 Å². The molecule has 0 radical (unpaired) electrons. The Labute approximate surface area is 110 Å². The molecule has 0 saturated carbocycles. The predicted octanol–water partition coefficient (Wildman–Crippen LogP) is 1.11. The third-order valence-corrected chi connectivity index (χ3v) is 3.12. The van der Waals surface area contributed by atoms with E-state index in [1.807, 2.05) is 24.4 Å². The second kappa shape index (κ2) is 4.40. The molecule has 6 heteroatoms. The lowest BCUT2D eigenvalue weighted by Gasteiger charge is -2.23. The molecule has 98 valence electrons. The Balaban J connectivity index is 2.15. The van der Waals surface area contributed by atoms with Crippen LogP contribution in [0.2, 0.25) is 0 Å². The van der Waals surface area contributed by atoms with Crippen LogP contribution in [-0.2, 0) is 4.79 Å². The molecule has 1 amide bonds. The van der Waals surface area contributed by atoms with Gasteiger partial charge in [0.15, 0.2) is 6.29 Å². The minimum absolute atomic E-state index is 0.0775. The Morgan fingerprint density at radius 3 is 3.11 bits per heavy atom. The number of amides is 1. The third-order valence-electron chi connectivity index (χ3n) is 3.12. The monoisotopic (exact) mass is 257 g/mol. The van der Waals surface area contributed by atoms with E-state index in [-0.39, 0.29) is 5.91 Å².